The number of carbonyl (C=O) groups is 1. The largest absolute Gasteiger partial charge is 0.323 e. The molecule has 0 saturated heterocycles. The molecule has 0 radical (unpaired) electrons. The first-order chi connectivity index (χ1) is 12.1. The molecule has 0 bridgehead atoms. The van der Waals surface area contributed by atoms with E-state index in [1.807, 2.05) is 6.92 Å². The standard InChI is InChI=1S/C19H24FN3OS/c1-13-14(2)23(15-8-4-3-5-9-15)19(21-13)25-12-18(24)22-17-11-7-6-10-16(17)20/h6-7,10-11,15H,3-5,8-9,12H2,1-2H3,(H,22,24). The van der Waals surface area contributed by atoms with Crippen LogP contribution >= 0.6 is 11.8 Å². The van der Waals surface area contributed by atoms with Crippen molar-refractivity contribution in [3.63, 3.8) is 0 Å². The van der Waals surface area contributed by atoms with Crippen molar-refractivity contribution >= 4 is 23.4 Å². The average molecular weight is 361 g/mol. The van der Waals surface area contributed by atoms with Crippen LogP contribution in [0.3, 0.4) is 0 Å². The van der Waals surface area contributed by atoms with Gasteiger partial charge in [0.25, 0.3) is 0 Å². The molecule has 1 aliphatic carbocycles. The van der Waals surface area contributed by atoms with Crippen molar-refractivity contribution in [2.45, 2.75) is 57.1 Å². The fourth-order valence-electron chi connectivity index (χ4n) is 3.35. The topological polar surface area (TPSA) is 46.9 Å². The molecular weight excluding hydrogens is 337 g/mol. The van der Waals surface area contributed by atoms with Crippen molar-refractivity contribution in [3.05, 3.63) is 41.5 Å². The number of nitrogens with zero attached hydrogens (tertiary/aromatic N) is 2. The van der Waals surface area contributed by atoms with Crippen LogP contribution in [-0.2, 0) is 4.79 Å². The lowest BCUT2D eigenvalue weighted by Crippen LogP contribution is -2.17. The van der Waals surface area contributed by atoms with E-state index >= 15 is 0 Å². The molecule has 25 heavy (non-hydrogen) atoms. The summed E-state index contributed by atoms with van der Waals surface area (Å²) >= 11 is 1.43. The number of benzene rings is 1. The zero-order valence-corrected chi connectivity index (χ0v) is 15.5. The maximum Gasteiger partial charge on any atom is 0.234 e. The van der Waals surface area contributed by atoms with Gasteiger partial charge in [-0.15, -0.1) is 0 Å². The molecule has 1 fully saturated rings. The number of rotatable bonds is 5. The Balaban J connectivity index is 1.67. The highest BCUT2D eigenvalue weighted by atomic mass is 32.2. The molecule has 0 unspecified atom stereocenters. The van der Waals surface area contributed by atoms with Crippen molar-refractivity contribution in [2.75, 3.05) is 11.1 Å². The van der Waals surface area contributed by atoms with Crippen LogP contribution in [0.2, 0.25) is 0 Å². The maximum atomic E-state index is 13.6. The minimum atomic E-state index is -0.420. The van der Waals surface area contributed by atoms with Gasteiger partial charge in [0, 0.05) is 11.7 Å². The number of anilines is 1. The highest BCUT2D eigenvalue weighted by Crippen LogP contribution is 2.34. The molecule has 3 rings (SSSR count). The highest BCUT2D eigenvalue weighted by molar-refractivity contribution is 7.99. The predicted molar refractivity (Wildman–Crippen MR) is 99.6 cm³/mol. The fraction of sp³-hybridized carbons (Fsp3) is 0.474. The van der Waals surface area contributed by atoms with E-state index in [0.29, 0.717) is 6.04 Å². The first kappa shape index (κ1) is 18.0. The van der Waals surface area contributed by atoms with Gasteiger partial charge in [0.15, 0.2) is 5.16 Å². The molecule has 1 saturated carbocycles. The summed E-state index contributed by atoms with van der Waals surface area (Å²) in [5, 5.41) is 3.52. The van der Waals surface area contributed by atoms with Crippen LogP contribution in [-0.4, -0.2) is 21.2 Å². The smallest absolute Gasteiger partial charge is 0.234 e. The number of aromatic nitrogens is 2. The Morgan fingerprint density at radius 1 is 1.28 bits per heavy atom. The molecule has 0 aliphatic heterocycles. The number of amides is 1. The molecule has 134 valence electrons. The van der Waals surface area contributed by atoms with Crippen LogP contribution in [0, 0.1) is 19.7 Å². The second kappa shape index (κ2) is 8.04. The summed E-state index contributed by atoms with van der Waals surface area (Å²) in [6.07, 6.45) is 6.15. The van der Waals surface area contributed by atoms with Crippen LogP contribution in [0.4, 0.5) is 10.1 Å². The van der Waals surface area contributed by atoms with E-state index in [1.165, 1.54) is 55.6 Å². The quantitative estimate of drug-likeness (QED) is 0.773. The van der Waals surface area contributed by atoms with Gasteiger partial charge in [0.2, 0.25) is 5.91 Å². The lowest BCUT2D eigenvalue weighted by molar-refractivity contribution is -0.113. The van der Waals surface area contributed by atoms with Crippen molar-refractivity contribution in [2.24, 2.45) is 0 Å². The zero-order chi connectivity index (χ0) is 17.8. The van der Waals surface area contributed by atoms with Gasteiger partial charge in [-0.2, -0.15) is 0 Å². The number of hydrogen-bond donors (Lipinski definition) is 1. The van der Waals surface area contributed by atoms with E-state index < -0.39 is 5.82 Å². The molecule has 0 atom stereocenters. The fourth-order valence-corrected chi connectivity index (χ4v) is 4.31. The number of thioether (sulfide) groups is 1. The average Bonchev–Trinajstić information content (AvgIpc) is 2.90. The summed E-state index contributed by atoms with van der Waals surface area (Å²) in [6.45, 7) is 4.11. The van der Waals surface area contributed by atoms with E-state index in [4.69, 9.17) is 0 Å². The van der Waals surface area contributed by atoms with Gasteiger partial charge in [0.1, 0.15) is 5.82 Å². The van der Waals surface area contributed by atoms with Crippen molar-refractivity contribution in [3.8, 4) is 0 Å². The number of imidazole rings is 1. The number of para-hydroxylation sites is 1. The summed E-state index contributed by atoms with van der Waals surface area (Å²) in [5.74, 6) is -0.420. The van der Waals surface area contributed by atoms with Gasteiger partial charge in [-0.05, 0) is 38.8 Å². The minimum absolute atomic E-state index is 0.219. The van der Waals surface area contributed by atoms with E-state index in [1.54, 1.807) is 18.2 Å². The van der Waals surface area contributed by atoms with Gasteiger partial charge in [-0.25, -0.2) is 9.37 Å². The molecule has 1 aliphatic rings. The van der Waals surface area contributed by atoms with Crippen molar-refractivity contribution < 1.29 is 9.18 Å². The molecule has 1 N–H and O–H groups in total. The second-order valence-corrected chi connectivity index (χ2v) is 7.49. The Morgan fingerprint density at radius 2 is 2.00 bits per heavy atom. The summed E-state index contributed by atoms with van der Waals surface area (Å²) in [6, 6.07) is 6.69. The third-order valence-corrected chi connectivity index (χ3v) is 5.73. The normalized spacial score (nSPS) is 15.3. The van der Waals surface area contributed by atoms with Crippen molar-refractivity contribution in [1.82, 2.24) is 9.55 Å². The minimum Gasteiger partial charge on any atom is -0.323 e. The monoisotopic (exact) mass is 361 g/mol. The summed E-state index contributed by atoms with van der Waals surface area (Å²) < 4.78 is 15.9. The Labute approximate surface area is 152 Å². The third-order valence-electron chi connectivity index (χ3n) is 4.77. The number of hydrogen-bond acceptors (Lipinski definition) is 3. The molecular formula is C19H24FN3OS. The molecule has 4 nitrogen and oxygen atoms in total. The van der Waals surface area contributed by atoms with Gasteiger partial charge in [0.05, 0.1) is 17.1 Å². The Bertz CT molecular complexity index is 753. The maximum absolute atomic E-state index is 13.6. The number of carbonyl (C=O) groups excluding carboxylic acids is 1. The molecule has 0 spiro atoms. The van der Waals surface area contributed by atoms with Gasteiger partial charge < -0.3 is 9.88 Å². The first-order valence-electron chi connectivity index (χ1n) is 8.79. The van der Waals surface area contributed by atoms with Crippen LogP contribution in [0.25, 0.3) is 0 Å². The number of nitrogens with one attached hydrogen (secondary N) is 1. The van der Waals surface area contributed by atoms with E-state index in [0.717, 1.165) is 10.9 Å². The van der Waals surface area contributed by atoms with Gasteiger partial charge >= 0.3 is 0 Å². The summed E-state index contributed by atoms with van der Waals surface area (Å²) in [5.41, 5.74) is 2.42. The Hall–Kier alpha value is -1.82. The predicted octanol–water partition coefficient (Wildman–Crippen LogP) is 4.88. The summed E-state index contributed by atoms with van der Waals surface area (Å²) in [4.78, 5) is 16.8. The molecule has 1 amide bonds. The molecule has 1 heterocycles. The molecule has 1 aromatic carbocycles. The first-order valence-corrected chi connectivity index (χ1v) is 9.77. The Kier molecular flexibility index (Phi) is 5.78. The number of halogens is 1. The van der Waals surface area contributed by atoms with E-state index in [-0.39, 0.29) is 17.3 Å². The lowest BCUT2D eigenvalue weighted by atomic mass is 9.95. The van der Waals surface area contributed by atoms with Gasteiger partial charge in [-0.3, -0.25) is 4.79 Å². The SMILES string of the molecule is Cc1nc(SCC(=O)Nc2ccccc2F)n(C2CCCCC2)c1C. The second-order valence-electron chi connectivity index (χ2n) is 6.54. The van der Waals surface area contributed by atoms with Crippen LogP contribution in [0.5, 0.6) is 0 Å². The third kappa shape index (κ3) is 4.24. The summed E-state index contributed by atoms with van der Waals surface area (Å²) in [7, 11) is 0. The zero-order valence-electron chi connectivity index (χ0n) is 14.7. The van der Waals surface area contributed by atoms with Gasteiger partial charge in [-0.1, -0.05) is 43.2 Å². The number of aryl methyl sites for hydroxylation is 1. The van der Waals surface area contributed by atoms with Crippen molar-refractivity contribution in [1.29, 1.82) is 0 Å². The van der Waals surface area contributed by atoms with Crippen LogP contribution < -0.4 is 5.32 Å². The van der Waals surface area contributed by atoms with Crippen LogP contribution in [0.15, 0.2) is 29.4 Å². The van der Waals surface area contributed by atoms with E-state index in [9.17, 15) is 9.18 Å². The van der Waals surface area contributed by atoms with Crippen LogP contribution in [0.1, 0.15) is 49.5 Å². The lowest BCUT2D eigenvalue weighted by Gasteiger charge is -2.26. The Morgan fingerprint density at radius 3 is 2.72 bits per heavy atom. The van der Waals surface area contributed by atoms with E-state index in [2.05, 4.69) is 21.8 Å². The highest BCUT2D eigenvalue weighted by Gasteiger charge is 2.22. The molecule has 2 aromatic rings. The molecule has 6 heteroatoms. The molecule has 1 aromatic heterocycles.